The number of nitrogens with zero attached hydrogens (tertiary/aromatic N) is 1. The van der Waals surface area contributed by atoms with Gasteiger partial charge in [-0.1, -0.05) is 6.92 Å². The van der Waals surface area contributed by atoms with Crippen LogP contribution >= 0.6 is 0 Å². The highest BCUT2D eigenvalue weighted by Gasteiger charge is 2.31. The predicted molar refractivity (Wildman–Crippen MR) is 69.8 cm³/mol. The van der Waals surface area contributed by atoms with Crippen LogP contribution in [0, 0.1) is 23.3 Å². The topological polar surface area (TPSA) is 15.3 Å². The molecule has 1 N–H and O–H groups in total. The van der Waals surface area contributed by atoms with Crippen molar-refractivity contribution in [1.29, 1.82) is 0 Å². The average molecular weight is 290 g/mol. The quantitative estimate of drug-likeness (QED) is 0.679. The van der Waals surface area contributed by atoms with E-state index in [4.69, 9.17) is 0 Å². The molecule has 1 fully saturated rings. The third-order valence-corrected chi connectivity index (χ3v) is 3.74. The fourth-order valence-corrected chi connectivity index (χ4v) is 2.79. The van der Waals surface area contributed by atoms with Crippen molar-refractivity contribution in [2.75, 3.05) is 18.0 Å². The minimum Gasteiger partial charge on any atom is -0.364 e. The summed E-state index contributed by atoms with van der Waals surface area (Å²) < 4.78 is 54.2. The summed E-state index contributed by atoms with van der Waals surface area (Å²) in [5.41, 5.74) is -0.593. The molecule has 2 nitrogen and oxygen atoms in total. The van der Waals surface area contributed by atoms with Gasteiger partial charge < -0.3 is 10.2 Å². The van der Waals surface area contributed by atoms with Gasteiger partial charge in [0.25, 0.3) is 0 Å². The van der Waals surface area contributed by atoms with E-state index in [-0.39, 0.29) is 18.2 Å². The Morgan fingerprint density at radius 2 is 1.80 bits per heavy atom. The van der Waals surface area contributed by atoms with Crippen molar-refractivity contribution in [1.82, 2.24) is 5.32 Å². The SMILES string of the molecule is CCNC1CCN(c2c(F)c(F)cc(F)c2F)C(C)C1. The van der Waals surface area contributed by atoms with Gasteiger partial charge in [0.05, 0.1) is 0 Å². The lowest BCUT2D eigenvalue weighted by Gasteiger charge is -2.39. The van der Waals surface area contributed by atoms with E-state index >= 15 is 0 Å². The number of hydrogen-bond acceptors (Lipinski definition) is 2. The van der Waals surface area contributed by atoms with Gasteiger partial charge in [0, 0.05) is 24.7 Å². The molecule has 1 aliphatic rings. The summed E-state index contributed by atoms with van der Waals surface area (Å²) >= 11 is 0. The number of piperidine rings is 1. The Morgan fingerprint density at radius 3 is 2.30 bits per heavy atom. The summed E-state index contributed by atoms with van der Waals surface area (Å²) in [6.07, 6.45) is 1.35. The van der Waals surface area contributed by atoms with E-state index in [1.54, 1.807) is 6.92 Å². The van der Waals surface area contributed by atoms with E-state index < -0.39 is 29.0 Å². The summed E-state index contributed by atoms with van der Waals surface area (Å²) in [6.45, 7) is 4.95. The van der Waals surface area contributed by atoms with Crippen LogP contribution in [0.5, 0.6) is 0 Å². The Morgan fingerprint density at radius 1 is 1.20 bits per heavy atom. The van der Waals surface area contributed by atoms with Crippen LogP contribution in [-0.2, 0) is 0 Å². The van der Waals surface area contributed by atoms with E-state index in [2.05, 4.69) is 5.32 Å². The third-order valence-electron chi connectivity index (χ3n) is 3.74. The number of rotatable bonds is 3. The first-order valence-electron chi connectivity index (χ1n) is 6.78. The second-order valence-corrected chi connectivity index (χ2v) is 5.14. The predicted octanol–water partition coefficient (Wildman–Crippen LogP) is 3.21. The van der Waals surface area contributed by atoms with Crippen molar-refractivity contribution in [3.05, 3.63) is 29.3 Å². The van der Waals surface area contributed by atoms with Crippen LogP contribution in [-0.4, -0.2) is 25.2 Å². The zero-order valence-corrected chi connectivity index (χ0v) is 11.5. The molecule has 2 rings (SSSR count). The number of anilines is 1. The van der Waals surface area contributed by atoms with Crippen molar-refractivity contribution >= 4 is 5.69 Å². The van der Waals surface area contributed by atoms with Crippen LogP contribution in [0.2, 0.25) is 0 Å². The molecule has 1 aliphatic heterocycles. The van der Waals surface area contributed by atoms with Gasteiger partial charge in [0.1, 0.15) is 5.69 Å². The van der Waals surface area contributed by atoms with Crippen molar-refractivity contribution < 1.29 is 17.6 Å². The summed E-state index contributed by atoms with van der Waals surface area (Å²) in [6, 6.07) is 0.304. The molecule has 2 atom stereocenters. The number of halogens is 4. The molecular weight excluding hydrogens is 272 g/mol. The highest BCUT2D eigenvalue weighted by Crippen LogP contribution is 2.32. The molecule has 0 amide bonds. The van der Waals surface area contributed by atoms with Gasteiger partial charge in [-0.2, -0.15) is 0 Å². The first kappa shape index (κ1) is 15.1. The van der Waals surface area contributed by atoms with E-state index in [1.165, 1.54) is 4.90 Å². The second-order valence-electron chi connectivity index (χ2n) is 5.14. The van der Waals surface area contributed by atoms with Crippen LogP contribution in [0.3, 0.4) is 0 Å². The zero-order valence-electron chi connectivity index (χ0n) is 11.5. The Bertz CT molecular complexity index is 466. The largest absolute Gasteiger partial charge is 0.364 e. The van der Waals surface area contributed by atoms with E-state index in [9.17, 15) is 17.6 Å². The lowest BCUT2D eigenvalue weighted by molar-refractivity contribution is 0.362. The van der Waals surface area contributed by atoms with Gasteiger partial charge >= 0.3 is 0 Å². The molecule has 6 heteroatoms. The molecule has 0 bridgehead atoms. The van der Waals surface area contributed by atoms with Gasteiger partial charge in [0.15, 0.2) is 23.3 Å². The molecule has 0 radical (unpaired) electrons. The molecule has 0 aromatic heterocycles. The average Bonchev–Trinajstić information content (AvgIpc) is 2.39. The Kier molecular flexibility index (Phi) is 4.52. The maximum atomic E-state index is 13.8. The Balaban J connectivity index is 2.29. The van der Waals surface area contributed by atoms with Crippen molar-refractivity contribution in [3.8, 4) is 0 Å². The highest BCUT2D eigenvalue weighted by atomic mass is 19.2. The standard InChI is InChI=1S/C14H18F4N2/c1-3-19-9-4-5-20(8(2)6-9)14-12(17)10(15)7-11(16)13(14)18/h7-9,19H,3-6H2,1-2H3. The fraction of sp³-hybridized carbons (Fsp3) is 0.571. The molecule has 1 aromatic rings. The van der Waals surface area contributed by atoms with Gasteiger partial charge in [-0.15, -0.1) is 0 Å². The molecule has 0 aliphatic carbocycles. The first-order valence-corrected chi connectivity index (χ1v) is 6.78. The second kappa shape index (κ2) is 5.99. The van der Waals surface area contributed by atoms with Crippen LogP contribution in [0.15, 0.2) is 6.07 Å². The molecule has 1 saturated heterocycles. The summed E-state index contributed by atoms with van der Waals surface area (Å²) in [7, 11) is 0. The number of hydrogen-bond donors (Lipinski definition) is 1. The zero-order chi connectivity index (χ0) is 14.9. The lowest BCUT2D eigenvalue weighted by atomic mass is 9.97. The summed E-state index contributed by atoms with van der Waals surface area (Å²) in [5.74, 6) is -5.37. The van der Waals surface area contributed by atoms with Crippen molar-refractivity contribution in [3.63, 3.8) is 0 Å². The van der Waals surface area contributed by atoms with E-state index in [0.717, 1.165) is 6.54 Å². The van der Waals surface area contributed by atoms with Crippen LogP contribution in [0.4, 0.5) is 23.2 Å². The highest BCUT2D eigenvalue weighted by molar-refractivity contribution is 5.51. The van der Waals surface area contributed by atoms with Gasteiger partial charge in [-0.25, -0.2) is 17.6 Å². The molecule has 0 saturated carbocycles. The van der Waals surface area contributed by atoms with E-state index in [0.29, 0.717) is 19.4 Å². The minimum absolute atomic E-state index is 0.196. The van der Waals surface area contributed by atoms with Crippen LogP contribution in [0.1, 0.15) is 26.7 Å². The lowest BCUT2D eigenvalue weighted by Crippen LogP contribution is -2.48. The van der Waals surface area contributed by atoms with Crippen molar-refractivity contribution in [2.24, 2.45) is 0 Å². The molecule has 1 heterocycles. The van der Waals surface area contributed by atoms with Crippen LogP contribution < -0.4 is 10.2 Å². The summed E-state index contributed by atoms with van der Waals surface area (Å²) in [5, 5.41) is 3.28. The van der Waals surface area contributed by atoms with Crippen molar-refractivity contribution in [2.45, 2.75) is 38.8 Å². The first-order chi connectivity index (χ1) is 9.45. The fourth-order valence-electron chi connectivity index (χ4n) is 2.79. The smallest absolute Gasteiger partial charge is 0.185 e. The normalized spacial score (nSPS) is 23.2. The Hall–Kier alpha value is -1.30. The maximum absolute atomic E-state index is 13.8. The number of nitrogens with one attached hydrogen (secondary N) is 1. The van der Waals surface area contributed by atoms with Crippen LogP contribution in [0.25, 0.3) is 0 Å². The molecule has 0 spiro atoms. The minimum atomic E-state index is -1.36. The maximum Gasteiger partial charge on any atom is 0.185 e. The molecule has 1 aromatic carbocycles. The van der Waals surface area contributed by atoms with E-state index in [1.807, 2.05) is 6.92 Å². The Labute approximate surface area is 115 Å². The van der Waals surface area contributed by atoms with Gasteiger partial charge in [0.2, 0.25) is 0 Å². The third kappa shape index (κ3) is 2.75. The monoisotopic (exact) mass is 290 g/mol. The molecule has 20 heavy (non-hydrogen) atoms. The number of benzene rings is 1. The molecule has 2 unspecified atom stereocenters. The summed E-state index contributed by atoms with van der Waals surface area (Å²) in [4.78, 5) is 1.41. The molecule has 112 valence electrons. The van der Waals surface area contributed by atoms with Gasteiger partial charge in [-0.05, 0) is 26.3 Å². The van der Waals surface area contributed by atoms with Gasteiger partial charge in [-0.3, -0.25) is 0 Å². The molecular formula is C14H18F4N2.